The highest BCUT2D eigenvalue weighted by molar-refractivity contribution is 5.17. The third kappa shape index (κ3) is 2.92. The van der Waals surface area contributed by atoms with Gasteiger partial charge < -0.3 is 10.5 Å². The molecule has 0 saturated heterocycles. The molecule has 0 saturated carbocycles. The van der Waals surface area contributed by atoms with Crippen molar-refractivity contribution in [3.63, 3.8) is 0 Å². The standard InChI is InChI=1S/C11H15NO/c1-9(13-2)11(12)8-10-6-4-3-5-7-10/h3-7,11H,1,8,12H2,2H3. The van der Waals surface area contributed by atoms with Crippen molar-refractivity contribution in [3.8, 4) is 0 Å². The van der Waals surface area contributed by atoms with Crippen molar-refractivity contribution in [2.24, 2.45) is 5.73 Å². The van der Waals surface area contributed by atoms with Gasteiger partial charge in [-0.05, 0) is 12.0 Å². The molecule has 70 valence electrons. The number of methoxy groups -OCH3 is 1. The molecule has 13 heavy (non-hydrogen) atoms. The SMILES string of the molecule is C=C(OC)C(N)Cc1ccccc1. The van der Waals surface area contributed by atoms with Gasteiger partial charge in [-0.2, -0.15) is 0 Å². The predicted molar refractivity (Wildman–Crippen MR) is 54.3 cm³/mol. The Hall–Kier alpha value is -1.28. The van der Waals surface area contributed by atoms with E-state index in [4.69, 9.17) is 10.5 Å². The number of hydrogen-bond donors (Lipinski definition) is 1. The lowest BCUT2D eigenvalue weighted by atomic mass is 10.1. The first-order valence-electron chi connectivity index (χ1n) is 4.26. The normalized spacial score (nSPS) is 12.2. The first-order valence-corrected chi connectivity index (χ1v) is 4.26. The summed E-state index contributed by atoms with van der Waals surface area (Å²) in [6.07, 6.45) is 0.771. The molecule has 0 heterocycles. The van der Waals surface area contributed by atoms with Crippen LogP contribution in [0.15, 0.2) is 42.7 Å². The second kappa shape index (κ2) is 4.67. The summed E-state index contributed by atoms with van der Waals surface area (Å²) in [4.78, 5) is 0. The van der Waals surface area contributed by atoms with Crippen LogP contribution >= 0.6 is 0 Å². The highest BCUT2D eigenvalue weighted by Gasteiger charge is 2.07. The second-order valence-corrected chi connectivity index (χ2v) is 2.97. The molecule has 0 bridgehead atoms. The summed E-state index contributed by atoms with van der Waals surface area (Å²) < 4.78 is 4.96. The molecule has 1 unspecified atom stereocenters. The van der Waals surface area contributed by atoms with Gasteiger partial charge in [-0.3, -0.25) is 0 Å². The van der Waals surface area contributed by atoms with E-state index in [1.165, 1.54) is 5.56 Å². The Kier molecular flexibility index (Phi) is 3.53. The molecule has 0 spiro atoms. The van der Waals surface area contributed by atoms with Gasteiger partial charge in [0.25, 0.3) is 0 Å². The van der Waals surface area contributed by atoms with Gasteiger partial charge >= 0.3 is 0 Å². The van der Waals surface area contributed by atoms with Crippen LogP contribution in [0.5, 0.6) is 0 Å². The zero-order valence-electron chi connectivity index (χ0n) is 7.86. The van der Waals surface area contributed by atoms with Gasteiger partial charge in [0.15, 0.2) is 0 Å². The minimum Gasteiger partial charge on any atom is -0.500 e. The number of hydrogen-bond acceptors (Lipinski definition) is 2. The van der Waals surface area contributed by atoms with Crippen molar-refractivity contribution in [2.75, 3.05) is 7.11 Å². The predicted octanol–water partition coefficient (Wildman–Crippen LogP) is 1.72. The van der Waals surface area contributed by atoms with Crippen LogP contribution in [0.25, 0.3) is 0 Å². The molecule has 2 nitrogen and oxygen atoms in total. The van der Waals surface area contributed by atoms with Crippen molar-refractivity contribution in [1.29, 1.82) is 0 Å². The molecule has 0 aliphatic heterocycles. The van der Waals surface area contributed by atoms with E-state index in [1.54, 1.807) is 7.11 Å². The fourth-order valence-electron chi connectivity index (χ4n) is 1.13. The molecule has 1 aromatic rings. The molecule has 0 aliphatic carbocycles. The Bertz CT molecular complexity index is 269. The van der Waals surface area contributed by atoms with Crippen LogP contribution in [0.4, 0.5) is 0 Å². The lowest BCUT2D eigenvalue weighted by molar-refractivity contribution is 0.266. The topological polar surface area (TPSA) is 35.2 Å². The highest BCUT2D eigenvalue weighted by atomic mass is 16.5. The van der Waals surface area contributed by atoms with Gasteiger partial charge in [-0.1, -0.05) is 36.9 Å². The lowest BCUT2D eigenvalue weighted by Crippen LogP contribution is -2.25. The third-order valence-corrected chi connectivity index (χ3v) is 1.97. The van der Waals surface area contributed by atoms with E-state index in [2.05, 4.69) is 6.58 Å². The smallest absolute Gasteiger partial charge is 0.105 e. The fourth-order valence-corrected chi connectivity index (χ4v) is 1.13. The summed E-state index contributed by atoms with van der Waals surface area (Å²) in [7, 11) is 1.59. The van der Waals surface area contributed by atoms with E-state index in [-0.39, 0.29) is 6.04 Å². The summed E-state index contributed by atoms with van der Waals surface area (Å²) in [5, 5.41) is 0. The van der Waals surface area contributed by atoms with E-state index in [0.717, 1.165) is 6.42 Å². The van der Waals surface area contributed by atoms with Crippen LogP contribution in [-0.2, 0) is 11.2 Å². The minimum atomic E-state index is -0.118. The molecule has 1 aromatic carbocycles. The summed E-state index contributed by atoms with van der Waals surface area (Å²) >= 11 is 0. The number of benzene rings is 1. The Labute approximate surface area is 79.0 Å². The molecule has 1 rings (SSSR count). The van der Waals surface area contributed by atoms with Gasteiger partial charge in [0, 0.05) is 0 Å². The molecule has 0 aromatic heterocycles. The monoisotopic (exact) mass is 177 g/mol. The van der Waals surface area contributed by atoms with Gasteiger partial charge in [-0.25, -0.2) is 0 Å². The molecule has 0 fully saturated rings. The van der Waals surface area contributed by atoms with Crippen LogP contribution in [0.2, 0.25) is 0 Å². The maximum Gasteiger partial charge on any atom is 0.105 e. The van der Waals surface area contributed by atoms with Crippen molar-refractivity contribution in [2.45, 2.75) is 12.5 Å². The van der Waals surface area contributed by atoms with E-state index in [1.807, 2.05) is 30.3 Å². The Morgan fingerprint density at radius 3 is 2.62 bits per heavy atom. The zero-order valence-corrected chi connectivity index (χ0v) is 7.86. The molecule has 1 atom stereocenters. The lowest BCUT2D eigenvalue weighted by Gasteiger charge is -2.13. The maximum absolute atomic E-state index is 5.84. The summed E-state index contributed by atoms with van der Waals surface area (Å²) in [6, 6.07) is 9.95. The molecule has 0 radical (unpaired) electrons. The fraction of sp³-hybridized carbons (Fsp3) is 0.273. The zero-order chi connectivity index (χ0) is 9.68. The first kappa shape index (κ1) is 9.81. The van der Waals surface area contributed by atoms with Crippen molar-refractivity contribution in [1.82, 2.24) is 0 Å². The Morgan fingerprint density at radius 2 is 2.08 bits per heavy atom. The molecule has 2 N–H and O–H groups in total. The second-order valence-electron chi connectivity index (χ2n) is 2.97. The molecular weight excluding hydrogens is 162 g/mol. The average Bonchev–Trinajstić information content (AvgIpc) is 2.18. The van der Waals surface area contributed by atoms with E-state index in [9.17, 15) is 0 Å². The average molecular weight is 177 g/mol. The quantitative estimate of drug-likeness (QED) is 0.711. The van der Waals surface area contributed by atoms with E-state index >= 15 is 0 Å². The van der Waals surface area contributed by atoms with Crippen LogP contribution in [-0.4, -0.2) is 13.2 Å². The van der Waals surface area contributed by atoms with E-state index in [0.29, 0.717) is 5.76 Å². The minimum absolute atomic E-state index is 0.118. The summed E-state index contributed by atoms with van der Waals surface area (Å²) in [5.41, 5.74) is 7.04. The van der Waals surface area contributed by atoms with Gasteiger partial charge in [-0.15, -0.1) is 0 Å². The highest BCUT2D eigenvalue weighted by Crippen LogP contribution is 2.06. The Balaban J connectivity index is 2.55. The number of nitrogens with two attached hydrogens (primary N) is 1. The van der Waals surface area contributed by atoms with Crippen molar-refractivity contribution < 1.29 is 4.74 Å². The summed E-state index contributed by atoms with van der Waals surface area (Å²) in [5.74, 6) is 0.629. The van der Waals surface area contributed by atoms with Crippen molar-refractivity contribution >= 4 is 0 Å². The first-order chi connectivity index (χ1) is 6.24. The maximum atomic E-state index is 5.84. The van der Waals surface area contributed by atoms with Crippen LogP contribution in [0.3, 0.4) is 0 Å². The third-order valence-electron chi connectivity index (χ3n) is 1.97. The van der Waals surface area contributed by atoms with E-state index < -0.39 is 0 Å². The summed E-state index contributed by atoms with van der Waals surface area (Å²) in [6.45, 7) is 3.72. The van der Waals surface area contributed by atoms with Crippen LogP contribution in [0.1, 0.15) is 5.56 Å². The molecule has 2 heteroatoms. The van der Waals surface area contributed by atoms with Crippen molar-refractivity contribution in [3.05, 3.63) is 48.2 Å². The Morgan fingerprint density at radius 1 is 1.46 bits per heavy atom. The number of ether oxygens (including phenoxy) is 1. The number of rotatable bonds is 4. The molecule has 0 amide bonds. The largest absolute Gasteiger partial charge is 0.500 e. The van der Waals surface area contributed by atoms with Crippen LogP contribution < -0.4 is 5.73 Å². The van der Waals surface area contributed by atoms with Gasteiger partial charge in [0.05, 0.1) is 13.2 Å². The molecule has 0 aliphatic rings. The van der Waals surface area contributed by atoms with Crippen LogP contribution in [0, 0.1) is 0 Å². The molecular formula is C11H15NO. The van der Waals surface area contributed by atoms with Gasteiger partial charge in [0.2, 0.25) is 0 Å². The van der Waals surface area contributed by atoms with Gasteiger partial charge in [0.1, 0.15) is 5.76 Å².